The molecular formula is C22H26N4O5S. The Morgan fingerprint density at radius 2 is 1.81 bits per heavy atom. The molecule has 32 heavy (non-hydrogen) atoms. The van der Waals surface area contributed by atoms with Gasteiger partial charge >= 0.3 is 5.97 Å². The van der Waals surface area contributed by atoms with Gasteiger partial charge in [-0.1, -0.05) is 37.3 Å². The molecule has 0 aliphatic carbocycles. The third-order valence-electron chi connectivity index (χ3n) is 5.23. The van der Waals surface area contributed by atoms with Crippen molar-refractivity contribution in [3.05, 3.63) is 63.9 Å². The molecular weight excluding hydrogens is 432 g/mol. The maximum atomic E-state index is 12.7. The molecule has 1 unspecified atom stereocenters. The SMILES string of the molecule is Cc1ccc2c(=O)n(CCC(C(=O)O)N(c3ccc(C(C)C)cc3)S(C)(=O)=O)nnc2c1. The zero-order valence-electron chi connectivity index (χ0n) is 18.4. The number of carbonyl (C=O) groups is 1. The van der Waals surface area contributed by atoms with E-state index in [0.717, 1.165) is 26.4 Å². The molecule has 0 fully saturated rings. The minimum Gasteiger partial charge on any atom is -0.480 e. The predicted octanol–water partition coefficient (Wildman–Crippen LogP) is 2.53. The van der Waals surface area contributed by atoms with E-state index in [4.69, 9.17) is 0 Å². The first-order chi connectivity index (χ1) is 15.0. The molecule has 3 aromatic rings. The number of carboxylic acids is 1. The topological polar surface area (TPSA) is 122 Å². The number of aryl methyl sites for hydroxylation is 2. The summed E-state index contributed by atoms with van der Waals surface area (Å²) in [5, 5.41) is 18.1. The van der Waals surface area contributed by atoms with Gasteiger partial charge in [-0.05, 0) is 54.7 Å². The number of hydrogen-bond donors (Lipinski definition) is 1. The highest BCUT2D eigenvalue weighted by molar-refractivity contribution is 7.92. The third kappa shape index (κ3) is 4.96. The fraction of sp³-hybridized carbons (Fsp3) is 0.364. The molecule has 1 heterocycles. The molecule has 1 aromatic heterocycles. The highest BCUT2D eigenvalue weighted by atomic mass is 32.2. The first-order valence-electron chi connectivity index (χ1n) is 10.2. The van der Waals surface area contributed by atoms with Crippen LogP contribution >= 0.6 is 0 Å². The largest absolute Gasteiger partial charge is 0.480 e. The number of aromatic nitrogens is 3. The van der Waals surface area contributed by atoms with Crippen LogP contribution in [0.1, 0.15) is 37.3 Å². The van der Waals surface area contributed by atoms with Crippen LogP contribution in [0, 0.1) is 6.92 Å². The van der Waals surface area contributed by atoms with Gasteiger partial charge in [0, 0.05) is 6.54 Å². The van der Waals surface area contributed by atoms with Crippen molar-refractivity contribution in [3.63, 3.8) is 0 Å². The molecule has 0 amide bonds. The Balaban J connectivity index is 1.94. The number of nitrogens with zero attached hydrogens (tertiary/aromatic N) is 4. The van der Waals surface area contributed by atoms with Gasteiger partial charge in [0.05, 0.1) is 17.3 Å². The molecule has 0 saturated carbocycles. The van der Waals surface area contributed by atoms with Gasteiger partial charge in [-0.25, -0.2) is 17.9 Å². The number of sulfonamides is 1. The van der Waals surface area contributed by atoms with Crippen molar-refractivity contribution < 1.29 is 18.3 Å². The van der Waals surface area contributed by atoms with E-state index < -0.39 is 27.6 Å². The first-order valence-corrected chi connectivity index (χ1v) is 12.0. The monoisotopic (exact) mass is 458 g/mol. The number of anilines is 1. The quantitative estimate of drug-likeness (QED) is 0.550. The van der Waals surface area contributed by atoms with Gasteiger partial charge in [0.1, 0.15) is 11.6 Å². The van der Waals surface area contributed by atoms with Gasteiger partial charge in [0.2, 0.25) is 10.0 Å². The van der Waals surface area contributed by atoms with Crippen LogP contribution < -0.4 is 9.86 Å². The van der Waals surface area contributed by atoms with Crippen molar-refractivity contribution in [2.75, 3.05) is 10.6 Å². The lowest BCUT2D eigenvalue weighted by molar-refractivity contribution is -0.138. The lowest BCUT2D eigenvalue weighted by Gasteiger charge is -2.29. The van der Waals surface area contributed by atoms with Gasteiger partial charge in [-0.15, -0.1) is 5.10 Å². The minimum atomic E-state index is -3.92. The molecule has 0 aliphatic heterocycles. The van der Waals surface area contributed by atoms with E-state index >= 15 is 0 Å². The van der Waals surface area contributed by atoms with Crippen LogP contribution in [0.5, 0.6) is 0 Å². The molecule has 10 heteroatoms. The third-order valence-corrected chi connectivity index (χ3v) is 6.41. The Labute approximate surface area is 186 Å². The van der Waals surface area contributed by atoms with E-state index in [-0.39, 0.29) is 24.6 Å². The van der Waals surface area contributed by atoms with Crippen molar-refractivity contribution in [3.8, 4) is 0 Å². The zero-order chi connectivity index (χ0) is 23.6. The summed E-state index contributed by atoms with van der Waals surface area (Å²) in [6.45, 7) is 5.78. The lowest BCUT2D eigenvalue weighted by Crippen LogP contribution is -2.46. The average molecular weight is 459 g/mol. The van der Waals surface area contributed by atoms with Crippen molar-refractivity contribution in [1.82, 2.24) is 15.0 Å². The van der Waals surface area contributed by atoms with Crippen LogP contribution in [0.15, 0.2) is 47.3 Å². The van der Waals surface area contributed by atoms with Crippen LogP contribution in [0.4, 0.5) is 5.69 Å². The second-order valence-electron chi connectivity index (χ2n) is 8.09. The van der Waals surface area contributed by atoms with Gasteiger partial charge in [0.25, 0.3) is 5.56 Å². The number of aliphatic carboxylic acids is 1. The number of carboxylic acid groups (broad SMARTS) is 1. The maximum absolute atomic E-state index is 12.7. The summed E-state index contributed by atoms with van der Waals surface area (Å²) in [6.07, 6.45) is 0.796. The van der Waals surface area contributed by atoms with Crippen molar-refractivity contribution in [1.29, 1.82) is 0 Å². The maximum Gasteiger partial charge on any atom is 0.327 e. The standard InChI is InChI=1S/C22H26N4O5S/c1-14(2)16-6-8-17(9-7-16)26(32(4,30)31)20(22(28)29)11-12-25-21(27)18-10-5-15(3)13-19(18)23-24-25/h5-10,13-14,20H,11-12H2,1-4H3,(H,28,29). The highest BCUT2D eigenvalue weighted by Crippen LogP contribution is 2.25. The summed E-state index contributed by atoms with van der Waals surface area (Å²) in [7, 11) is -3.92. The van der Waals surface area contributed by atoms with Gasteiger partial charge < -0.3 is 5.11 Å². The van der Waals surface area contributed by atoms with Crippen LogP contribution in [0.3, 0.4) is 0 Å². The Morgan fingerprint density at radius 1 is 1.16 bits per heavy atom. The Morgan fingerprint density at radius 3 is 2.38 bits per heavy atom. The predicted molar refractivity (Wildman–Crippen MR) is 122 cm³/mol. The molecule has 0 spiro atoms. The van der Waals surface area contributed by atoms with E-state index in [0.29, 0.717) is 10.9 Å². The second-order valence-corrected chi connectivity index (χ2v) is 9.95. The fourth-order valence-corrected chi connectivity index (χ4v) is 4.69. The smallest absolute Gasteiger partial charge is 0.327 e. The van der Waals surface area contributed by atoms with E-state index in [1.54, 1.807) is 42.5 Å². The Kier molecular flexibility index (Phi) is 6.63. The summed E-state index contributed by atoms with van der Waals surface area (Å²) in [4.78, 5) is 24.8. The Bertz CT molecular complexity index is 1300. The highest BCUT2D eigenvalue weighted by Gasteiger charge is 2.32. The molecule has 0 saturated heterocycles. The average Bonchev–Trinajstić information content (AvgIpc) is 2.71. The summed E-state index contributed by atoms with van der Waals surface area (Å²) < 4.78 is 27.0. The van der Waals surface area contributed by atoms with E-state index in [9.17, 15) is 23.1 Å². The molecule has 0 aliphatic rings. The summed E-state index contributed by atoms with van der Waals surface area (Å²) in [5.41, 5.74) is 2.22. The van der Waals surface area contributed by atoms with Crippen molar-refractivity contribution in [2.45, 2.75) is 45.7 Å². The van der Waals surface area contributed by atoms with Gasteiger partial charge in [-0.3, -0.25) is 9.10 Å². The van der Waals surface area contributed by atoms with Crippen molar-refractivity contribution in [2.24, 2.45) is 0 Å². The number of fused-ring (bicyclic) bond motifs is 1. The normalized spacial score (nSPS) is 12.8. The van der Waals surface area contributed by atoms with Crippen LogP contribution in [-0.4, -0.2) is 46.8 Å². The molecule has 2 aromatic carbocycles. The van der Waals surface area contributed by atoms with E-state index in [2.05, 4.69) is 10.3 Å². The summed E-state index contributed by atoms with van der Waals surface area (Å²) >= 11 is 0. The molecule has 9 nitrogen and oxygen atoms in total. The molecule has 0 bridgehead atoms. The molecule has 0 radical (unpaired) electrons. The van der Waals surface area contributed by atoms with Crippen LogP contribution in [0.2, 0.25) is 0 Å². The molecule has 170 valence electrons. The summed E-state index contributed by atoms with van der Waals surface area (Å²) in [5.74, 6) is -1.08. The van der Waals surface area contributed by atoms with Gasteiger partial charge in [0.15, 0.2) is 0 Å². The minimum absolute atomic E-state index is 0.108. The van der Waals surface area contributed by atoms with Crippen LogP contribution in [0.25, 0.3) is 10.9 Å². The van der Waals surface area contributed by atoms with E-state index in [1.165, 1.54) is 0 Å². The molecule has 1 atom stereocenters. The van der Waals surface area contributed by atoms with Crippen LogP contribution in [-0.2, 0) is 21.4 Å². The first kappa shape index (κ1) is 23.4. The molecule has 1 N–H and O–H groups in total. The Hall–Kier alpha value is -3.27. The number of benzene rings is 2. The molecule has 3 rings (SSSR count). The van der Waals surface area contributed by atoms with Gasteiger partial charge in [-0.2, -0.15) is 0 Å². The second kappa shape index (κ2) is 9.07. The van der Waals surface area contributed by atoms with Crippen molar-refractivity contribution >= 4 is 32.6 Å². The van der Waals surface area contributed by atoms with E-state index in [1.807, 2.05) is 20.8 Å². The number of rotatable bonds is 8. The zero-order valence-corrected chi connectivity index (χ0v) is 19.2. The number of hydrogen-bond acceptors (Lipinski definition) is 6. The fourth-order valence-electron chi connectivity index (χ4n) is 3.53. The summed E-state index contributed by atoms with van der Waals surface area (Å²) in [6, 6.07) is 10.5. The lowest BCUT2D eigenvalue weighted by atomic mass is 10.0.